The second-order valence-electron chi connectivity index (χ2n) is 7.13. The molecule has 192 valence electrons. The number of rotatable bonds is 18. The highest BCUT2D eigenvalue weighted by molar-refractivity contribution is 5.73. The fraction of sp³-hybridized carbons (Fsp3) is 0.714. The Labute approximate surface area is 198 Å². The van der Waals surface area contributed by atoms with E-state index in [0.29, 0.717) is 44.9 Å². The molecule has 0 unspecified atom stereocenters. The van der Waals surface area contributed by atoms with Gasteiger partial charge in [-0.15, -0.1) is 6.42 Å². The Morgan fingerprint density at radius 1 is 0.882 bits per heavy atom. The third-order valence-electron chi connectivity index (χ3n) is 4.26. The van der Waals surface area contributed by atoms with Crippen molar-refractivity contribution < 1.29 is 38.9 Å². The number of hydrogen-bond acceptors (Lipinski definition) is 9. The highest BCUT2D eigenvalue weighted by atomic mass is 16.5. The summed E-state index contributed by atoms with van der Waals surface area (Å²) in [4.78, 5) is 45.4. The number of azide groups is 1. The molecule has 0 aliphatic carbocycles. The maximum Gasteiger partial charge on any atom is 0.320 e. The first-order valence-electron chi connectivity index (χ1n) is 10.9. The van der Waals surface area contributed by atoms with Crippen molar-refractivity contribution in [3.8, 4) is 12.3 Å². The quantitative estimate of drug-likeness (QED) is 0.0548. The Morgan fingerprint density at radius 3 is 1.76 bits per heavy atom. The van der Waals surface area contributed by atoms with Gasteiger partial charge in [-0.25, -0.2) is 0 Å². The molecule has 2 atom stereocenters. The minimum absolute atomic E-state index is 0.00270. The number of carboxylic acid groups (broad SMARTS) is 2. The van der Waals surface area contributed by atoms with E-state index < -0.39 is 24.0 Å². The molecule has 0 heterocycles. The van der Waals surface area contributed by atoms with E-state index >= 15 is 0 Å². The van der Waals surface area contributed by atoms with E-state index in [1.54, 1.807) is 0 Å². The molecule has 0 saturated heterocycles. The molecule has 0 aromatic heterocycles. The Morgan fingerprint density at radius 2 is 1.35 bits per heavy atom. The van der Waals surface area contributed by atoms with Crippen molar-refractivity contribution in [1.82, 2.24) is 0 Å². The molecule has 34 heavy (non-hydrogen) atoms. The molecule has 6 N–H and O–H groups in total. The smallest absolute Gasteiger partial charge is 0.320 e. The Hall–Kier alpha value is -3.33. The van der Waals surface area contributed by atoms with Gasteiger partial charge in [0.1, 0.15) is 12.1 Å². The van der Waals surface area contributed by atoms with Gasteiger partial charge < -0.3 is 31.2 Å². The van der Waals surface area contributed by atoms with Crippen LogP contribution < -0.4 is 11.5 Å². The van der Waals surface area contributed by atoms with E-state index in [1.165, 1.54) is 0 Å². The minimum Gasteiger partial charge on any atom is -0.480 e. The molecule has 0 aliphatic heterocycles. The van der Waals surface area contributed by atoms with Gasteiger partial charge >= 0.3 is 23.9 Å². The summed E-state index contributed by atoms with van der Waals surface area (Å²) in [6, 6.07) is -1.64. The predicted molar refractivity (Wildman–Crippen MR) is 122 cm³/mol. The Bertz CT molecular complexity index is 704. The summed E-state index contributed by atoms with van der Waals surface area (Å²) < 4.78 is 9.45. The molecule has 0 rings (SSSR count). The zero-order chi connectivity index (χ0) is 26.2. The third kappa shape index (κ3) is 23.3. The van der Waals surface area contributed by atoms with E-state index in [1.807, 2.05) is 0 Å². The number of unbranched alkanes of at least 4 members (excludes halogenated alkanes) is 4. The van der Waals surface area contributed by atoms with Gasteiger partial charge in [0.15, 0.2) is 6.61 Å². The second-order valence-corrected chi connectivity index (χ2v) is 7.13. The van der Waals surface area contributed by atoms with Gasteiger partial charge in [0, 0.05) is 17.8 Å². The summed E-state index contributed by atoms with van der Waals surface area (Å²) in [6.45, 7) is 0.227. The fourth-order valence-electron chi connectivity index (χ4n) is 2.38. The zero-order valence-electron chi connectivity index (χ0n) is 19.3. The number of nitrogens with two attached hydrogens (primary N) is 2. The summed E-state index contributed by atoms with van der Waals surface area (Å²) in [5, 5.41) is 20.3. The average Bonchev–Trinajstić information content (AvgIpc) is 2.80. The first-order valence-corrected chi connectivity index (χ1v) is 10.9. The largest absolute Gasteiger partial charge is 0.480 e. The van der Waals surface area contributed by atoms with Crippen molar-refractivity contribution in [2.24, 2.45) is 16.6 Å². The Kier molecular flexibility index (Phi) is 22.1. The van der Waals surface area contributed by atoms with Crippen molar-refractivity contribution in [3.63, 3.8) is 0 Å². The normalized spacial score (nSPS) is 11.4. The molecule has 0 radical (unpaired) electrons. The highest BCUT2D eigenvalue weighted by Gasteiger charge is 2.11. The summed E-state index contributed by atoms with van der Waals surface area (Å²) in [7, 11) is 0. The lowest BCUT2D eigenvalue weighted by Crippen LogP contribution is -2.29. The van der Waals surface area contributed by atoms with Crippen LogP contribution in [0.4, 0.5) is 0 Å². The van der Waals surface area contributed by atoms with Crippen molar-refractivity contribution in [1.29, 1.82) is 0 Å². The van der Waals surface area contributed by atoms with Crippen LogP contribution in [0.3, 0.4) is 0 Å². The van der Waals surface area contributed by atoms with Crippen molar-refractivity contribution in [3.05, 3.63) is 10.4 Å². The standard InChI is InChI=1S/C11H17NO4.C10H18N4O4/c1-2-8-16-10(13)7-5-3-4-6-9(12)11(14)15;11-8(10(16)17)4-2-1-3-5-9(15)18-7-6-13-14-12/h1,9H,3-8,12H2,(H,14,15);8H,1-7,11H2,(H,16,17)/t9-;8-/m00/s1. The summed E-state index contributed by atoms with van der Waals surface area (Å²) >= 11 is 0. The predicted octanol–water partition coefficient (Wildman–Crippen LogP) is 1.73. The number of carboxylic acids is 2. The average molecular weight is 486 g/mol. The lowest BCUT2D eigenvalue weighted by atomic mass is 10.1. The fourth-order valence-corrected chi connectivity index (χ4v) is 2.38. The minimum atomic E-state index is -1.01. The van der Waals surface area contributed by atoms with Crippen LogP contribution in [0.15, 0.2) is 5.11 Å². The number of nitrogens with zero attached hydrogens (tertiary/aromatic N) is 3. The Balaban J connectivity index is 0. The van der Waals surface area contributed by atoms with E-state index in [9.17, 15) is 19.2 Å². The molecule has 0 bridgehead atoms. The number of carbonyl (C=O) groups excluding carboxylic acids is 2. The van der Waals surface area contributed by atoms with Gasteiger partial charge in [0.25, 0.3) is 0 Å². The number of esters is 2. The van der Waals surface area contributed by atoms with Crippen LogP contribution in [0.25, 0.3) is 10.4 Å². The van der Waals surface area contributed by atoms with Gasteiger partial charge in [-0.1, -0.05) is 36.7 Å². The lowest BCUT2D eigenvalue weighted by molar-refractivity contribution is -0.144. The number of hydrogen-bond donors (Lipinski definition) is 4. The van der Waals surface area contributed by atoms with E-state index in [0.717, 1.165) is 12.8 Å². The molecule has 0 saturated carbocycles. The molecular weight excluding hydrogens is 450 g/mol. The van der Waals surface area contributed by atoms with Crippen molar-refractivity contribution in [2.75, 3.05) is 19.8 Å². The van der Waals surface area contributed by atoms with Crippen LogP contribution in [0.1, 0.15) is 64.2 Å². The van der Waals surface area contributed by atoms with E-state index in [4.69, 9.17) is 38.4 Å². The maximum absolute atomic E-state index is 11.1. The number of aliphatic carboxylic acids is 2. The number of carbonyl (C=O) groups is 4. The highest BCUT2D eigenvalue weighted by Crippen LogP contribution is 2.07. The van der Waals surface area contributed by atoms with Crippen LogP contribution in [0.2, 0.25) is 0 Å². The van der Waals surface area contributed by atoms with Crippen LogP contribution in [-0.4, -0.2) is 65.9 Å². The summed E-state index contributed by atoms with van der Waals surface area (Å²) in [5.74, 6) is -0.457. The molecule has 0 amide bonds. The van der Waals surface area contributed by atoms with Gasteiger partial charge in [0.05, 0.1) is 13.2 Å². The topological polar surface area (TPSA) is 228 Å². The molecule has 13 heteroatoms. The van der Waals surface area contributed by atoms with Gasteiger partial charge in [0.2, 0.25) is 0 Å². The summed E-state index contributed by atoms with van der Waals surface area (Å²) in [5.41, 5.74) is 18.6. The summed E-state index contributed by atoms with van der Waals surface area (Å²) in [6.07, 6.45) is 10.5. The van der Waals surface area contributed by atoms with Crippen LogP contribution in [-0.2, 0) is 28.7 Å². The monoisotopic (exact) mass is 485 g/mol. The maximum atomic E-state index is 11.1. The lowest BCUT2D eigenvalue weighted by Gasteiger charge is -2.05. The van der Waals surface area contributed by atoms with Crippen LogP contribution in [0, 0.1) is 12.3 Å². The van der Waals surface area contributed by atoms with Gasteiger partial charge in [-0.05, 0) is 31.2 Å². The second kappa shape index (κ2) is 22.8. The molecule has 0 aromatic rings. The van der Waals surface area contributed by atoms with Crippen LogP contribution >= 0.6 is 0 Å². The van der Waals surface area contributed by atoms with Crippen molar-refractivity contribution in [2.45, 2.75) is 76.3 Å². The molecule has 13 nitrogen and oxygen atoms in total. The van der Waals surface area contributed by atoms with E-state index in [-0.39, 0.29) is 38.1 Å². The number of ether oxygens (including phenoxy) is 2. The molecule has 0 fully saturated rings. The van der Waals surface area contributed by atoms with E-state index in [2.05, 4.69) is 20.7 Å². The first kappa shape index (κ1) is 32.8. The van der Waals surface area contributed by atoms with Crippen molar-refractivity contribution >= 4 is 23.9 Å². The van der Waals surface area contributed by atoms with Gasteiger partial charge in [-0.2, -0.15) is 0 Å². The third-order valence-corrected chi connectivity index (χ3v) is 4.26. The molecule has 0 spiro atoms. The van der Waals surface area contributed by atoms with Gasteiger partial charge in [-0.3, -0.25) is 19.2 Å². The number of terminal acetylenes is 1. The zero-order valence-corrected chi connectivity index (χ0v) is 19.3. The first-order chi connectivity index (χ1) is 16.1. The van der Waals surface area contributed by atoms with Crippen LogP contribution in [0.5, 0.6) is 0 Å². The molecular formula is C21H35N5O8. The molecule has 0 aromatic carbocycles. The SMILES string of the molecule is C#CCOC(=O)CCCCC[C@H](N)C(=O)O.[N-]=[N+]=NCCOC(=O)CCCCC[C@H](N)C(=O)O. The molecule has 0 aliphatic rings.